The number of carbonyl (C=O) groups excluding carboxylic acids is 1. The third-order valence-electron chi connectivity index (χ3n) is 2.86. The number of carbonyl (C=O) groups is 1. The molecule has 0 atom stereocenters. The largest absolute Gasteiger partial charge is 0.493 e. The maximum absolute atomic E-state index is 11.2. The molecule has 0 bridgehead atoms. The van der Waals surface area contributed by atoms with E-state index < -0.39 is 0 Å². The number of hydrogen-bond acceptors (Lipinski definition) is 4. The van der Waals surface area contributed by atoms with Gasteiger partial charge in [-0.25, -0.2) is 0 Å². The molecule has 118 valence electrons. The van der Waals surface area contributed by atoms with Gasteiger partial charge in [-0.15, -0.1) is 0 Å². The van der Waals surface area contributed by atoms with Crippen LogP contribution in [0.4, 0.5) is 0 Å². The summed E-state index contributed by atoms with van der Waals surface area (Å²) in [7, 11) is 3.21. The van der Waals surface area contributed by atoms with Crippen LogP contribution in [0.1, 0.15) is 25.8 Å². The first-order valence-electron chi connectivity index (χ1n) is 6.91. The fourth-order valence-corrected chi connectivity index (χ4v) is 2.31. The van der Waals surface area contributed by atoms with Gasteiger partial charge in [0, 0.05) is 19.6 Å². The molecule has 1 aromatic carbocycles. The van der Waals surface area contributed by atoms with Crippen LogP contribution in [0.5, 0.6) is 11.5 Å². The molecule has 0 aliphatic carbocycles. The predicted molar refractivity (Wildman–Crippen MR) is 86.8 cm³/mol. The van der Waals surface area contributed by atoms with Gasteiger partial charge in [-0.1, -0.05) is 13.8 Å². The smallest absolute Gasteiger partial charge is 0.223 e. The van der Waals surface area contributed by atoms with Crippen LogP contribution in [0, 0.1) is 0 Å². The minimum atomic E-state index is -0.0529. The molecule has 1 rings (SSSR count). The molecule has 0 saturated carbocycles. The van der Waals surface area contributed by atoms with Gasteiger partial charge in [0.1, 0.15) is 0 Å². The lowest BCUT2D eigenvalue weighted by Crippen LogP contribution is -2.22. The van der Waals surface area contributed by atoms with Gasteiger partial charge in [0.05, 0.1) is 24.6 Å². The number of amides is 1. The lowest BCUT2D eigenvalue weighted by Gasteiger charge is -2.15. The first-order chi connectivity index (χ1) is 9.97. The predicted octanol–water partition coefficient (Wildman–Crippen LogP) is 2.47. The average molecular weight is 359 g/mol. The van der Waals surface area contributed by atoms with Gasteiger partial charge in [0.25, 0.3) is 0 Å². The first kappa shape index (κ1) is 17.8. The van der Waals surface area contributed by atoms with Crippen LogP contribution in [0.3, 0.4) is 0 Å². The normalized spacial score (nSPS) is 10.6. The van der Waals surface area contributed by atoms with E-state index in [2.05, 4.69) is 40.4 Å². The molecule has 6 heteroatoms. The maximum Gasteiger partial charge on any atom is 0.223 e. The summed E-state index contributed by atoms with van der Waals surface area (Å²) in [6.07, 6.45) is 0.308. The van der Waals surface area contributed by atoms with Crippen molar-refractivity contribution in [3.8, 4) is 11.5 Å². The molecule has 2 N–H and O–H groups in total. The molecular weight excluding hydrogens is 336 g/mol. The van der Waals surface area contributed by atoms with Crippen molar-refractivity contribution in [2.75, 3.05) is 20.8 Å². The van der Waals surface area contributed by atoms with Gasteiger partial charge in [-0.3, -0.25) is 4.79 Å². The Bertz CT molecular complexity index is 478. The average Bonchev–Trinajstić information content (AvgIpc) is 2.46. The Morgan fingerprint density at radius 3 is 2.67 bits per heavy atom. The van der Waals surface area contributed by atoms with Gasteiger partial charge in [0.2, 0.25) is 5.91 Å². The number of hydrogen-bond donors (Lipinski definition) is 2. The Hall–Kier alpha value is -1.27. The summed E-state index contributed by atoms with van der Waals surface area (Å²) in [5.74, 6) is 1.22. The molecule has 1 aromatic rings. The second kappa shape index (κ2) is 8.89. The molecule has 0 radical (unpaired) electrons. The molecule has 0 heterocycles. The molecule has 5 nitrogen and oxygen atoms in total. The number of nitrogens with one attached hydrogen (secondary N) is 2. The van der Waals surface area contributed by atoms with E-state index in [4.69, 9.17) is 9.47 Å². The summed E-state index contributed by atoms with van der Waals surface area (Å²) in [5, 5.41) is 5.92. The zero-order valence-electron chi connectivity index (χ0n) is 13.0. The van der Waals surface area contributed by atoms with E-state index in [1.165, 1.54) is 0 Å². The topological polar surface area (TPSA) is 59.6 Å². The van der Waals surface area contributed by atoms with E-state index in [9.17, 15) is 4.79 Å². The van der Waals surface area contributed by atoms with Crippen LogP contribution < -0.4 is 20.1 Å². The van der Waals surface area contributed by atoms with Crippen molar-refractivity contribution in [2.24, 2.45) is 0 Å². The number of rotatable bonds is 8. The highest BCUT2D eigenvalue weighted by molar-refractivity contribution is 9.10. The van der Waals surface area contributed by atoms with E-state index >= 15 is 0 Å². The Morgan fingerprint density at radius 1 is 1.38 bits per heavy atom. The second-order valence-electron chi connectivity index (χ2n) is 4.92. The van der Waals surface area contributed by atoms with Crippen molar-refractivity contribution >= 4 is 21.8 Å². The van der Waals surface area contributed by atoms with Gasteiger partial charge >= 0.3 is 0 Å². The summed E-state index contributed by atoms with van der Waals surface area (Å²) in [6.45, 7) is 5.26. The number of benzene rings is 1. The first-order valence-corrected chi connectivity index (χ1v) is 7.70. The van der Waals surface area contributed by atoms with E-state index in [1.54, 1.807) is 14.2 Å². The summed E-state index contributed by atoms with van der Waals surface area (Å²) >= 11 is 3.50. The third-order valence-corrected chi connectivity index (χ3v) is 3.45. The molecule has 0 unspecified atom stereocenters. The van der Waals surface area contributed by atoms with Crippen molar-refractivity contribution in [1.82, 2.24) is 10.6 Å². The molecule has 0 spiro atoms. The standard InChI is InChI=1S/C15H23BrN2O3/c1-10(2)18-9-11-7-12(16)15(13(8-11)20-4)21-6-5-14(19)17-3/h7-8,10,18H,5-6,9H2,1-4H3,(H,17,19). The quantitative estimate of drug-likeness (QED) is 0.749. The fraction of sp³-hybridized carbons (Fsp3) is 0.533. The Kier molecular flexibility index (Phi) is 7.53. The summed E-state index contributed by atoms with van der Waals surface area (Å²) in [4.78, 5) is 11.2. The molecule has 1 amide bonds. The van der Waals surface area contributed by atoms with Crippen LogP contribution in [0.25, 0.3) is 0 Å². The van der Waals surface area contributed by atoms with Gasteiger partial charge in [-0.2, -0.15) is 0 Å². The number of methoxy groups -OCH3 is 1. The number of halogens is 1. The van der Waals surface area contributed by atoms with E-state index in [1.807, 2.05) is 12.1 Å². The highest BCUT2D eigenvalue weighted by Crippen LogP contribution is 2.36. The molecule has 0 aliphatic rings. The summed E-state index contributed by atoms with van der Waals surface area (Å²) in [5.41, 5.74) is 1.10. The highest BCUT2D eigenvalue weighted by Gasteiger charge is 2.12. The van der Waals surface area contributed by atoms with Crippen LogP contribution in [-0.4, -0.2) is 32.7 Å². The molecule has 0 aromatic heterocycles. The van der Waals surface area contributed by atoms with Crippen molar-refractivity contribution in [3.63, 3.8) is 0 Å². The third kappa shape index (κ3) is 5.93. The van der Waals surface area contributed by atoms with E-state index in [0.717, 1.165) is 16.6 Å². The van der Waals surface area contributed by atoms with Crippen molar-refractivity contribution < 1.29 is 14.3 Å². The summed E-state index contributed by atoms with van der Waals surface area (Å²) < 4.78 is 11.9. The zero-order chi connectivity index (χ0) is 15.8. The number of ether oxygens (including phenoxy) is 2. The molecule has 0 saturated heterocycles. The monoisotopic (exact) mass is 358 g/mol. The zero-order valence-corrected chi connectivity index (χ0v) is 14.5. The lowest BCUT2D eigenvalue weighted by molar-refractivity contribution is -0.121. The van der Waals surface area contributed by atoms with Crippen LogP contribution >= 0.6 is 15.9 Å². The molecule has 21 heavy (non-hydrogen) atoms. The van der Waals surface area contributed by atoms with Gasteiger partial charge in [-0.05, 0) is 33.6 Å². The Balaban J connectivity index is 2.77. The highest BCUT2D eigenvalue weighted by atomic mass is 79.9. The van der Waals surface area contributed by atoms with Crippen molar-refractivity contribution in [2.45, 2.75) is 32.9 Å². The minimum absolute atomic E-state index is 0.0529. The van der Waals surface area contributed by atoms with Crippen LogP contribution in [0.15, 0.2) is 16.6 Å². The fourth-order valence-electron chi connectivity index (χ4n) is 1.71. The van der Waals surface area contributed by atoms with Crippen LogP contribution in [-0.2, 0) is 11.3 Å². The molecule has 0 aliphatic heterocycles. The van der Waals surface area contributed by atoms with E-state index in [-0.39, 0.29) is 5.91 Å². The molecular formula is C15H23BrN2O3. The second-order valence-corrected chi connectivity index (χ2v) is 5.77. The van der Waals surface area contributed by atoms with E-state index in [0.29, 0.717) is 30.6 Å². The SMILES string of the molecule is CNC(=O)CCOc1c(Br)cc(CNC(C)C)cc1OC. The Labute approximate surface area is 134 Å². The maximum atomic E-state index is 11.2. The van der Waals surface area contributed by atoms with Gasteiger partial charge < -0.3 is 20.1 Å². The van der Waals surface area contributed by atoms with Crippen LogP contribution in [0.2, 0.25) is 0 Å². The lowest BCUT2D eigenvalue weighted by atomic mass is 10.2. The van der Waals surface area contributed by atoms with Gasteiger partial charge in [0.15, 0.2) is 11.5 Å². The molecule has 0 fully saturated rings. The van der Waals surface area contributed by atoms with Crippen molar-refractivity contribution in [1.29, 1.82) is 0 Å². The minimum Gasteiger partial charge on any atom is -0.493 e. The Morgan fingerprint density at radius 2 is 2.10 bits per heavy atom. The summed E-state index contributed by atoms with van der Waals surface area (Å²) in [6, 6.07) is 4.35. The van der Waals surface area contributed by atoms with Crippen molar-refractivity contribution in [3.05, 3.63) is 22.2 Å².